The van der Waals surface area contributed by atoms with Crippen LogP contribution in [0.5, 0.6) is 11.5 Å². The van der Waals surface area contributed by atoms with Crippen LogP contribution in [-0.2, 0) is 6.61 Å². The fourth-order valence-corrected chi connectivity index (χ4v) is 2.90. The van der Waals surface area contributed by atoms with E-state index in [9.17, 15) is 14.9 Å². The van der Waals surface area contributed by atoms with E-state index < -0.39 is 4.92 Å². The summed E-state index contributed by atoms with van der Waals surface area (Å²) in [7, 11) is 0. The van der Waals surface area contributed by atoms with Crippen molar-refractivity contribution >= 4 is 17.3 Å². The molecule has 0 fully saturated rings. The Labute approximate surface area is 174 Å². The van der Waals surface area contributed by atoms with Crippen LogP contribution in [0.4, 0.5) is 11.4 Å². The Kier molecular flexibility index (Phi) is 6.64. The largest absolute Gasteiger partial charge is 0.493 e. The molecule has 0 saturated carbocycles. The summed E-state index contributed by atoms with van der Waals surface area (Å²) < 4.78 is 11.5. The Morgan fingerprint density at radius 1 is 1.03 bits per heavy atom. The third-order valence-electron chi connectivity index (χ3n) is 4.32. The average molecular weight is 406 g/mol. The number of amides is 1. The SMILES string of the molecule is CCOc1ccc(C(=O)Nc2cccc([N+](=O)[O-])c2)cc1COc1cccc(C)c1. The van der Waals surface area contributed by atoms with Gasteiger partial charge in [-0.1, -0.05) is 18.2 Å². The molecule has 0 aliphatic rings. The summed E-state index contributed by atoms with van der Waals surface area (Å²) in [6.07, 6.45) is 0. The molecule has 0 heterocycles. The van der Waals surface area contributed by atoms with E-state index in [1.54, 1.807) is 24.3 Å². The van der Waals surface area contributed by atoms with Gasteiger partial charge in [-0.2, -0.15) is 0 Å². The van der Waals surface area contributed by atoms with Crippen molar-refractivity contribution in [1.29, 1.82) is 0 Å². The number of aryl methyl sites for hydroxylation is 1. The highest BCUT2D eigenvalue weighted by atomic mass is 16.6. The van der Waals surface area contributed by atoms with Gasteiger partial charge in [0, 0.05) is 28.9 Å². The summed E-state index contributed by atoms with van der Waals surface area (Å²) in [6, 6.07) is 18.6. The average Bonchev–Trinajstić information content (AvgIpc) is 2.73. The Balaban J connectivity index is 1.79. The van der Waals surface area contributed by atoms with Gasteiger partial charge in [0.25, 0.3) is 11.6 Å². The van der Waals surface area contributed by atoms with Gasteiger partial charge < -0.3 is 14.8 Å². The first-order valence-corrected chi connectivity index (χ1v) is 9.47. The molecule has 3 aromatic rings. The Morgan fingerprint density at radius 3 is 2.57 bits per heavy atom. The van der Waals surface area contributed by atoms with Gasteiger partial charge in [-0.05, 0) is 55.8 Å². The van der Waals surface area contributed by atoms with Gasteiger partial charge in [0.05, 0.1) is 11.5 Å². The molecule has 0 saturated heterocycles. The van der Waals surface area contributed by atoms with Crippen molar-refractivity contribution < 1.29 is 19.2 Å². The molecule has 3 rings (SSSR count). The van der Waals surface area contributed by atoms with Crippen LogP contribution in [0.2, 0.25) is 0 Å². The molecule has 7 nitrogen and oxygen atoms in total. The van der Waals surface area contributed by atoms with E-state index in [0.717, 1.165) is 16.9 Å². The Hall–Kier alpha value is -3.87. The molecule has 1 amide bonds. The minimum Gasteiger partial charge on any atom is -0.493 e. The van der Waals surface area contributed by atoms with Gasteiger partial charge in [-0.3, -0.25) is 14.9 Å². The quantitative estimate of drug-likeness (QED) is 0.413. The minimum absolute atomic E-state index is 0.0910. The predicted molar refractivity (Wildman–Crippen MR) is 114 cm³/mol. The van der Waals surface area contributed by atoms with Gasteiger partial charge in [0.15, 0.2) is 0 Å². The molecule has 0 spiro atoms. The van der Waals surface area contributed by atoms with Crippen LogP contribution in [-0.4, -0.2) is 17.4 Å². The van der Waals surface area contributed by atoms with Crippen LogP contribution < -0.4 is 14.8 Å². The molecule has 30 heavy (non-hydrogen) atoms. The smallest absolute Gasteiger partial charge is 0.271 e. The standard InChI is InChI=1S/C23H22N2O5/c1-3-29-22-11-10-17(13-18(22)15-30-21-9-4-6-16(2)12-21)23(26)24-19-7-5-8-20(14-19)25(27)28/h4-14H,3,15H2,1-2H3,(H,24,26). The summed E-state index contributed by atoms with van der Waals surface area (Å²) in [5.41, 5.74) is 2.47. The lowest BCUT2D eigenvalue weighted by atomic mass is 10.1. The number of ether oxygens (including phenoxy) is 2. The van der Waals surface area contributed by atoms with Crippen LogP contribution >= 0.6 is 0 Å². The van der Waals surface area contributed by atoms with E-state index in [-0.39, 0.29) is 18.2 Å². The molecule has 0 radical (unpaired) electrons. The van der Waals surface area contributed by atoms with Crippen molar-refractivity contribution in [3.63, 3.8) is 0 Å². The first kappa shape index (κ1) is 20.9. The van der Waals surface area contributed by atoms with E-state index in [0.29, 0.717) is 23.6 Å². The highest BCUT2D eigenvalue weighted by Crippen LogP contribution is 2.24. The van der Waals surface area contributed by atoms with E-state index in [2.05, 4.69) is 5.32 Å². The topological polar surface area (TPSA) is 90.7 Å². The number of non-ortho nitro benzene ring substituents is 1. The van der Waals surface area contributed by atoms with Crippen molar-refractivity contribution in [3.05, 3.63) is 93.5 Å². The third kappa shape index (κ3) is 5.35. The molecule has 0 aliphatic heterocycles. The molecular weight excluding hydrogens is 384 g/mol. The molecule has 3 aromatic carbocycles. The molecule has 1 N–H and O–H groups in total. The maximum absolute atomic E-state index is 12.7. The Morgan fingerprint density at radius 2 is 1.83 bits per heavy atom. The number of carbonyl (C=O) groups excluding carboxylic acids is 1. The summed E-state index contributed by atoms with van der Waals surface area (Å²) in [5.74, 6) is 0.983. The molecule has 0 atom stereocenters. The highest BCUT2D eigenvalue weighted by molar-refractivity contribution is 6.04. The number of carbonyl (C=O) groups is 1. The first-order chi connectivity index (χ1) is 14.5. The fourth-order valence-electron chi connectivity index (χ4n) is 2.90. The molecule has 7 heteroatoms. The fraction of sp³-hybridized carbons (Fsp3) is 0.174. The van der Waals surface area contributed by atoms with Crippen molar-refractivity contribution in [2.75, 3.05) is 11.9 Å². The number of nitro benzene ring substituents is 1. The maximum Gasteiger partial charge on any atom is 0.271 e. The zero-order valence-corrected chi connectivity index (χ0v) is 16.8. The normalized spacial score (nSPS) is 10.3. The lowest BCUT2D eigenvalue weighted by molar-refractivity contribution is -0.384. The lowest BCUT2D eigenvalue weighted by Crippen LogP contribution is -2.13. The van der Waals surface area contributed by atoms with Crippen LogP contribution in [0, 0.1) is 17.0 Å². The van der Waals surface area contributed by atoms with Crippen LogP contribution in [0.1, 0.15) is 28.4 Å². The lowest BCUT2D eigenvalue weighted by Gasteiger charge is -2.14. The minimum atomic E-state index is -0.507. The molecule has 0 unspecified atom stereocenters. The zero-order chi connectivity index (χ0) is 21.5. The summed E-state index contributed by atoms with van der Waals surface area (Å²) in [4.78, 5) is 23.1. The van der Waals surface area contributed by atoms with Crippen LogP contribution in [0.25, 0.3) is 0 Å². The predicted octanol–water partition coefficient (Wildman–Crippen LogP) is 5.13. The molecule has 154 valence electrons. The van der Waals surface area contributed by atoms with Gasteiger partial charge in [0.1, 0.15) is 18.1 Å². The van der Waals surface area contributed by atoms with Crippen LogP contribution in [0.3, 0.4) is 0 Å². The highest BCUT2D eigenvalue weighted by Gasteiger charge is 2.13. The summed E-state index contributed by atoms with van der Waals surface area (Å²) in [5, 5.41) is 13.6. The van der Waals surface area contributed by atoms with Gasteiger partial charge >= 0.3 is 0 Å². The second-order valence-corrected chi connectivity index (χ2v) is 6.62. The Bertz CT molecular complexity index is 1060. The van der Waals surface area contributed by atoms with E-state index in [4.69, 9.17) is 9.47 Å². The second-order valence-electron chi connectivity index (χ2n) is 6.62. The first-order valence-electron chi connectivity index (χ1n) is 9.47. The number of rotatable bonds is 8. The molecule has 0 aliphatic carbocycles. The maximum atomic E-state index is 12.7. The van der Waals surface area contributed by atoms with E-state index in [1.165, 1.54) is 18.2 Å². The van der Waals surface area contributed by atoms with E-state index in [1.807, 2.05) is 38.1 Å². The van der Waals surface area contributed by atoms with Crippen molar-refractivity contribution in [2.45, 2.75) is 20.5 Å². The van der Waals surface area contributed by atoms with Gasteiger partial charge in [-0.15, -0.1) is 0 Å². The number of hydrogen-bond acceptors (Lipinski definition) is 5. The molecular formula is C23H22N2O5. The summed E-state index contributed by atoms with van der Waals surface area (Å²) >= 11 is 0. The van der Waals surface area contributed by atoms with Gasteiger partial charge in [0.2, 0.25) is 0 Å². The molecule has 0 aromatic heterocycles. The van der Waals surface area contributed by atoms with Crippen molar-refractivity contribution in [3.8, 4) is 11.5 Å². The van der Waals surface area contributed by atoms with Gasteiger partial charge in [-0.25, -0.2) is 0 Å². The number of nitrogens with one attached hydrogen (secondary N) is 1. The number of hydrogen-bond donors (Lipinski definition) is 1. The summed E-state index contributed by atoms with van der Waals surface area (Å²) in [6.45, 7) is 4.58. The van der Waals surface area contributed by atoms with Crippen molar-refractivity contribution in [1.82, 2.24) is 0 Å². The number of benzene rings is 3. The zero-order valence-electron chi connectivity index (χ0n) is 16.8. The monoisotopic (exact) mass is 406 g/mol. The second kappa shape index (κ2) is 9.56. The number of nitro groups is 1. The number of nitrogens with zero attached hydrogens (tertiary/aromatic N) is 1. The number of anilines is 1. The third-order valence-corrected chi connectivity index (χ3v) is 4.32. The van der Waals surface area contributed by atoms with Crippen LogP contribution in [0.15, 0.2) is 66.7 Å². The molecule has 0 bridgehead atoms. The van der Waals surface area contributed by atoms with E-state index >= 15 is 0 Å². The van der Waals surface area contributed by atoms with Crippen molar-refractivity contribution in [2.24, 2.45) is 0 Å².